The van der Waals surface area contributed by atoms with Gasteiger partial charge in [-0.15, -0.1) is 0 Å². The van der Waals surface area contributed by atoms with Crippen molar-refractivity contribution in [2.75, 3.05) is 0 Å². The van der Waals surface area contributed by atoms with Gasteiger partial charge in [0.15, 0.2) is 0 Å². The van der Waals surface area contributed by atoms with E-state index >= 15 is 0 Å². The maximum absolute atomic E-state index is 11.5. The molecule has 0 N–H and O–H groups in total. The number of thiol groups is 1. The molecule has 0 aromatic heterocycles. The molecule has 0 aliphatic carbocycles. The Kier molecular flexibility index (Phi) is 2.45. The molecule has 0 saturated carbocycles. The van der Waals surface area contributed by atoms with E-state index in [1.165, 1.54) is 0 Å². The van der Waals surface area contributed by atoms with Crippen molar-refractivity contribution < 1.29 is 26.3 Å². The zero-order valence-corrected chi connectivity index (χ0v) is 6.11. The third-order valence-corrected chi connectivity index (χ3v) is 1.61. The number of hydrogen-bond donors (Lipinski definition) is 1. The lowest BCUT2D eigenvalue weighted by Crippen LogP contribution is -2.49. The number of rotatable bonds is 0. The van der Waals surface area contributed by atoms with Crippen LogP contribution in [-0.4, -0.2) is 17.1 Å². The molecule has 0 amide bonds. The highest BCUT2D eigenvalue weighted by Gasteiger charge is 2.65. The van der Waals surface area contributed by atoms with Crippen LogP contribution in [0.5, 0.6) is 0 Å². The molecule has 0 rings (SSSR count). The summed E-state index contributed by atoms with van der Waals surface area (Å²) in [7, 11) is 0. The lowest BCUT2D eigenvalue weighted by atomic mass is 10.1. The summed E-state index contributed by atoms with van der Waals surface area (Å²) in [4.78, 5) is 0. The van der Waals surface area contributed by atoms with Crippen LogP contribution >= 0.6 is 12.6 Å². The fraction of sp³-hybridized carbons (Fsp3) is 1.00. The van der Waals surface area contributed by atoms with Gasteiger partial charge in [-0.3, -0.25) is 0 Å². The molecule has 0 aliphatic rings. The van der Waals surface area contributed by atoms with Gasteiger partial charge in [-0.05, 0) is 6.92 Å². The molecule has 0 heterocycles. The van der Waals surface area contributed by atoms with Crippen LogP contribution in [0, 0.1) is 0 Å². The third-order valence-electron chi connectivity index (χ3n) is 1.10. The molecular formula is C4H4F6S. The fourth-order valence-electron chi connectivity index (χ4n) is 0.161. The Morgan fingerprint density at radius 1 is 0.818 bits per heavy atom. The van der Waals surface area contributed by atoms with Gasteiger partial charge in [0.2, 0.25) is 4.75 Å². The molecule has 0 radical (unpaired) electrons. The second-order valence-electron chi connectivity index (χ2n) is 2.07. The monoisotopic (exact) mass is 198 g/mol. The Morgan fingerprint density at radius 3 is 1.00 bits per heavy atom. The molecule has 0 atom stereocenters. The van der Waals surface area contributed by atoms with Crippen molar-refractivity contribution in [2.45, 2.75) is 24.0 Å². The van der Waals surface area contributed by atoms with E-state index in [1.54, 1.807) is 0 Å². The number of alkyl halides is 6. The first kappa shape index (κ1) is 10.9. The topological polar surface area (TPSA) is 0 Å². The van der Waals surface area contributed by atoms with Gasteiger partial charge in [0.25, 0.3) is 0 Å². The van der Waals surface area contributed by atoms with Crippen LogP contribution in [0.1, 0.15) is 6.92 Å². The molecule has 11 heavy (non-hydrogen) atoms. The first-order chi connectivity index (χ1) is 4.50. The molecule has 0 aromatic rings. The summed E-state index contributed by atoms with van der Waals surface area (Å²) in [6, 6.07) is 0. The van der Waals surface area contributed by atoms with Crippen LogP contribution in [0.2, 0.25) is 0 Å². The van der Waals surface area contributed by atoms with Gasteiger partial charge in [0.1, 0.15) is 0 Å². The predicted molar refractivity (Wildman–Crippen MR) is 29.5 cm³/mol. The van der Waals surface area contributed by atoms with Crippen LogP contribution in [0.25, 0.3) is 0 Å². The molecule has 0 aromatic carbocycles. The Balaban J connectivity index is 4.75. The Labute approximate surface area is 64.0 Å². The summed E-state index contributed by atoms with van der Waals surface area (Å²) in [6.07, 6.45) is -10.8. The van der Waals surface area contributed by atoms with E-state index in [0.717, 1.165) is 0 Å². The number of halogens is 6. The second-order valence-corrected chi connectivity index (χ2v) is 2.96. The van der Waals surface area contributed by atoms with Gasteiger partial charge in [-0.25, -0.2) is 0 Å². The minimum absolute atomic E-state index is 0.0316. The van der Waals surface area contributed by atoms with Crippen molar-refractivity contribution in [3.8, 4) is 0 Å². The standard InChI is InChI=1S/C4H4F6S/c1-2(11,3(5,6)7)4(8,9)10/h11H,1H3. The maximum Gasteiger partial charge on any atom is 0.411 e. The minimum atomic E-state index is -5.38. The van der Waals surface area contributed by atoms with E-state index in [0.29, 0.717) is 0 Å². The lowest BCUT2D eigenvalue weighted by Gasteiger charge is -2.28. The molecule has 68 valence electrons. The van der Waals surface area contributed by atoms with Crippen molar-refractivity contribution in [3.63, 3.8) is 0 Å². The highest BCUT2D eigenvalue weighted by atomic mass is 32.1. The van der Waals surface area contributed by atoms with E-state index in [-0.39, 0.29) is 6.92 Å². The van der Waals surface area contributed by atoms with Gasteiger partial charge in [-0.1, -0.05) is 0 Å². The largest absolute Gasteiger partial charge is 0.411 e. The zero-order chi connectivity index (χ0) is 9.50. The van der Waals surface area contributed by atoms with Crippen molar-refractivity contribution in [3.05, 3.63) is 0 Å². The molecule has 7 heteroatoms. The van der Waals surface area contributed by atoms with E-state index in [4.69, 9.17) is 0 Å². The minimum Gasteiger partial charge on any atom is -0.169 e. The van der Waals surface area contributed by atoms with Gasteiger partial charge in [0.05, 0.1) is 0 Å². The van der Waals surface area contributed by atoms with Gasteiger partial charge in [-0.2, -0.15) is 39.0 Å². The van der Waals surface area contributed by atoms with Crippen LogP contribution in [0.4, 0.5) is 26.3 Å². The van der Waals surface area contributed by atoms with Crippen molar-refractivity contribution >= 4 is 12.6 Å². The molecule has 0 spiro atoms. The van der Waals surface area contributed by atoms with Crippen LogP contribution in [-0.2, 0) is 0 Å². The average molecular weight is 198 g/mol. The van der Waals surface area contributed by atoms with E-state index in [2.05, 4.69) is 12.6 Å². The normalized spacial score (nSPS) is 15.3. The van der Waals surface area contributed by atoms with Crippen molar-refractivity contribution in [1.29, 1.82) is 0 Å². The Bertz CT molecular complexity index is 126. The van der Waals surface area contributed by atoms with Crippen molar-refractivity contribution in [1.82, 2.24) is 0 Å². The van der Waals surface area contributed by atoms with Gasteiger partial charge >= 0.3 is 12.4 Å². The highest BCUT2D eigenvalue weighted by Crippen LogP contribution is 2.46. The average Bonchev–Trinajstić information content (AvgIpc) is 1.58. The summed E-state index contributed by atoms with van der Waals surface area (Å²) in [5.74, 6) is 0. The summed E-state index contributed by atoms with van der Waals surface area (Å²) in [5, 5.41) is 0. The fourth-order valence-corrected chi connectivity index (χ4v) is 0.161. The van der Waals surface area contributed by atoms with Crippen LogP contribution in [0.3, 0.4) is 0 Å². The molecule has 0 nitrogen and oxygen atoms in total. The molecular weight excluding hydrogens is 194 g/mol. The summed E-state index contributed by atoms with van der Waals surface area (Å²) in [5.41, 5.74) is 0. The number of hydrogen-bond acceptors (Lipinski definition) is 1. The molecule has 0 aliphatic heterocycles. The quantitative estimate of drug-likeness (QED) is 0.449. The molecule has 0 unspecified atom stereocenters. The van der Waals surface area contributed by atoms with Crippen LogP contribution < -0.4 is 0 Å². The first-order valence-electron chi connectivity index (χ1n) is 2.36. The molecule has 0 bridgehead atoms. The molecule has 0 saturated heterocycles. The SMILES string of the molecule is CC(S)(C(F)(F)F)C(F)(F)F. The summed E-state index contributed by atoms with van der Waals surface area (Å²) < 4.78 is 65.3. The van der Waals surface area contributed by atoms with E-state index in [9.17, 15) is 26.3 Å². The first-order valence-corrected chi connectivity index (χ1v) is 2.80. The van der Waals surface area contributed by atoms with E-state index < -0.39 is 17.1 Å². The van der Waals surface area contributed by atoms with Gasteiger partial charge in [0, 0.05) is 0 Å². The smallest absolute Gasteiger partial charge is 0.169 e. The Morgan fingerprint density at radius 2 is 1.00 bits per heavy atom. The summed E-state index contributed by atoms with van der Waals surface area (Å²) >= 11 is 2.50. The van der Waals surface area contributed by atoms with Gasteiger partial charge < -0.3 is 0 Å². The third kappa shape index (κ3) is 1.94. The second kappa shape index (κ2) is 2.46. The lowest BCUT2D eigenvalue weighted by molar-refractivity contribution is -0.258. The Hall–Kier alpha value is -0.0700. The van der Waals surface area contributed by atoms with E-state index in [1.807, 2.05) is 0 Å². The zero-order valence-electron chi connectivity index (χ0n) is 5.22. The molecule has 0 fully saturated rings. The summed E-state index contributed by atoms with van der Waals surface area (Å²) in [6.45, 7) is -0.0316. The predicted octanol–water partition coefficient (Wildman–Crippen LogP) is 2.80. The highest BCUT2D eigenvalue weighted by molar-refractivity contribution is 7.82. The van der Waals surface area contributed by atoms with Crippen LogP contribution in [0.15, 0.2) is 0 Å². The maximum atomic E-state index is 11.5. The van der Waals surface area contributed by atoms with Crippen molar-refractivity contribution in [2.24, 2.45) is 0 Å².